The van der Waals surface area contributed by atoms with Crippen LogP contribution in [0.2, 0.25) is 5.28 Å². The Balaban J connectivity index is 3.28. The van der Waals surface area contributed by atoms with Crippen LogP contribution in [-0.2, 0) is 6.42 Å². The van der Waals surface area contributed by atoms with Crippen LogP contribution >= 0.6 is 11.6 Å². The Labute approximate surface area is 84.4 Å². The molecule has 0 unspecified atom stereocenters. The highest BCUT2D eigenvalue weighted by atomic mass is 35.5. The number of nitrogens with two attached hydrogens (primary N) is 1. The van der Waals surface area contributed by atoms with Gasteiger partial charge in [0, 0.05) is 18.6 Å². The van der Waals surface area contributed by atoms with E-state index in [4.69, 9.17) is 27.5 Å². The zero-order chi connectivity index (χ0) is 10.7. The highest BCUT2D eigenvalue weighted by Crippen LogP contribution is 2.16. The predicted molar refractivity (Wildman–Crippen MR) is 49.2 cm³/mol. The Kier molecular flexibility index (Phi) is 3.21. The van der Waals surface area contributed by atoms with Crippen molar-refractivity contribution in [2.45, 2.75) is 6.42 Å². The first-order valence-electron chi connectivity index (χ1n) is 3.72. The summed E-state index contributed by atoms with van der Waals surface area (Å²) in [6.07, 6.45) is 0.0879. The van der Waals surface area contributed by atoms with Crippen molar-refractivity contribution < 1.29 is 15.0 Å². The van der Waals surface area contributed by atoms with Crippen molar-refractivity contribution in [2.24, 2.45) is 0 Å². The number of carboxylic acid groups (broad SMARTS) is 1. The maximum Gasteiger partial charge on any atom is 0.355 e. The van der Waals surface area contributed by atoms with Gasteiger partial charge in [-0.1, -0.05) is 0 Å². The number of hydrogen-bond donors (Lipinski definition) is 3. The van der Waals surface area contributed by atoms with E-state index in [1.165, 1.54) is 0 Å². The van der Waals surface area contributed by atoms with Crippen molar-refractivity contribution in [1.82, 2.24) is 9.97 Å². The molecule has 4 N–H and O–H groups in total. The molecule has 0 saturated carbocycles. The maximum absolute atomic E-state index is 10.7. The zero-order valence-electron chi connectivity index (χ0n) is 7.07. The van der Waals surface area contributed by atoms with Gasteiger partial charge in [-0.15, -0.1) is 0 Å². The lowest BCUT2D eigenvalue weighted by molar-refractivity contribution is 0.0689. The lowest BCUT2D eigenvalue weighted by Gasteiger charge is -2.06. The highest BCUT2D eigenvalue weighted by molar-refractivity contribution is 6.28. The van der Waals surface area contributed by atoms with Gasteiger partial charge in [0.25, 0.3) is 0 Å². The summed E-state index contributed by atoms with van der Waals surface area (Å²) in [4.78, 5) is 17.8. The van der Waals surface area contributed by atoms with E-state index < -0.39 is 5.97 Å². The molecular weight excluding hydrogens is 210 g/mol. The second kappa shape index (κ2) is 4.21. The number of anilines is 1. The van der Waals surface area contributed by atoms with E-state index in [-0.39, 0.29) is 35.4 Å². The first-order chi connectivity index (χ1) is 6.56. The number of carbonyl (C=O) groups is 1. The topological polar surface area (TPSA) is 109 Å². The molecule has 0 saturated heterocycles. The minimum Gasteiger partial charge on any atom is -0.476 e. The number of carboxylic acids is 1. The van der Waals surface area contributed by atoms with Crippen LogP contribution in [0.4, 0.5) is 5.82 Å². The van der Waals surface area contributed by atoms with Gasteiger partial charge in [0.2, 0.25) is 5.28 Å². The van der Waals surface area contributed by atoms with Crippen molar-refractivity contribution in [2.75, 3.05) is 12.3 Å². The molecule has 1 heterocycles. The molecule has 0 fully saturated rings. The van der Waals surface area contributed by atoms with E-state index in [0.29, 0.717) is 0 Å². The summed E-state index contributed by atoms with van der Waals surface area (Å²) in [5, 5.41) is 17.2. The Morgan fingerprint density at radius 1 is 1.50 bits per heavy atom. The zero-order valence-corrected chi connectivity index (χ0v) is 7.82. The van der Waals surface area contributed by atoms with Crippen LogP contribution in [0.3, 0.4) is 0 Å². The van der Waals surface area contributed by atoms with Crippen LogP contribution < -0.4 is 5.73 Å². The number of aliphatic hydroxyl groups excluding tert-OH is 1. The first kappa shape index (κ1) is 10.7. The number of aromatic carboxylic acids is 1. The molecule has 0 amide bonds. The molecule has 0 spiro atoms. The first-order valence-corrected chi connectivity index (χ1v) is 4.10. The van der Waals surface area contributed by atoms with Gasteiger partial charge >= 0.3 is 5.97 Å². The molecule has 6 nitrogen and oxygen atoms in total. The summed E-state index contributed by atoms with van der Waals surface area (Å²) < 4.78 is 0. The number of aromatic nitrogens is 2. The summed E-state index contributed by atoms with van der Waals surface area (Å²) in [7, 11) is 0. The van der Waals surface area contributed by atoms with E-state index in [0.717, 1.165) is 0 Å². The Morgan fingerprint density at radius 2 is 2.14 bits per heavy atom. The SMILES string of the molecule is Nc1nc(Cl)nc(C(=O)O)c1CCO. The van der Waals surface area contributed by atoms with Gasteiger partial charge in [-0.05, 0) is 11.6 Å². The monoisotopic (exact) mass is 217 g/mol. The van der Waals surface area contributed by atoms with E-state index >= 15 is 0 Å². The molecule has 0 aromatic carbocycles. The third kappa shape index (κ3) is 2.09. The fraction of sp³-hybridized carbons (Fsp3) is 0.286. The van der Waals surface area contributed by atoms with E-state index in [2.05, 4.69) is 9.97 Å². The van der Waals surface area contributed by atoms with Crippen LogP contribution in [0, 0.1) is 0 Å². The van der Waals surface area contributed by atoms with Gasteiger partial charge in [-0.2, -0.15) is 0 Å². The quantitative estimate of drug-likeness (QED) is 0.612. The Bertz CT molecular complexity index is 369. The summed E-state index contributed by atoms with van der Waals surface area (Å²) in [6.45, 7) is -0.227. The van der Waals surface area contributed by atoms with Gasteiger partial charge in [-0.3, -0.25) is 0 Å². The molecule has 76 valence electrons. The van der Waals surface area contributed by atoms with E-state index in [1.807, 2.05) is 0 Å². The number of nitrogen functional groups attached to an aromatic ring is 1. The molecule has 1 aromatic heterocycles. The molecule has 0 bridgehead atoms. The summed E-state index contributed by atoms with van der Waals surface area (Å²) in [5.41, 5.74) is 5.37. The van der Waals surface area contributed by atoms with Crippen LogP contribution in [0.15, 0.2) is 0 Å². The largest absolute Gasteiger partial charge is 0.476 e. The van der Waals surface area contributed by atoms with Crippen molar-refractivity contribution in [3.63, 3.8) is 0 Å². The number of aliphatic hydroxyl groups is 1. The predicted octanol–water partition coefficient (Wildman–Crippen LogP) is -0.0548. The van der Waals surface area contributed by atoms with E-state index in [1.54, 1.807) is 0 Å². The summed E-state index contributed by atoms with van der Waals surface area (Å²) in [6, 6.07) is 0. The smallest absolute Gasteiger partial charge is 0.355 e. The number of hydrogen-bond acceptors (Lipinski definition) is 5. The highest BCUT2D eigenvalue weighted by Gasteiger charge is 2.16. The molecule has 0 aliphatic rings. The third-order valence-corrected chi connectivity index (χ3v) is 1.75. The lowest BCUT2D eigenvalue weighted by atomic mass is 10.1. The fourth-order valence-corrected chi connectivity index (χ4v) is 1.18. The molecule has 14 heavy (non-hydrogen) atoms. The molecular formula is C7H8ClN3O3. The fourth-order valence-electron chi connectivity index (χ4n) is 1.01. The minimum absolute atomic E-state index is 0.0172. The van der Waals surface area contributed by atoms with Crippen LogP contribution in [0.1, 0.15) is 16.1 Å². The lowest BCUT2D eigenvalue weighted by Crippen LogP contribution is -2.12. The van der Waals surface area contributed by atoms with E-state index in [9.17, 15) is 4.79 Å². The molecule has 0 radical (unpaired) electrons. The molecule has 0 atom stereocenters. The number of nitrogens with zero attached hydrogens (tertiary/aromatic N) is 2. The number of halogens is 1. The molecule has 0 aliphatic heterocycles. The second-order valence-corrected chi connectivity index (χ2v) is 2.82. The van der Waals surface area contributed by atoms with Gasteiger partial charge in [0.05, 0.1) is 0 Å². The summed E-state index contributed by atoms with van der Waals surface area (Å²) >= 11 is 5.44. The van der Waals surface area contributed by atoms with Crippen molar-refractivity contribution in [3.8, 4) is 0 Å². The standard InChI is InChI=1S/C7H8ClN3O3/c8-7-10-4(6(13)14)3(1-2-12)5(9)11-7/h12H,1-2H2,(H,13,14)(H2,9,10,11). The minimum atomic E-state index is -1.25. The van der Waals surface area contributed by atoms with Crippen molar-refractivity contribution >= 4 is 23.4 Å². The number of rotatable bonds is 3. The van der Waals surface area contributed by atoms with Crippen molar-refractivity contribution in [3.05, 3.63) is 16.5 Å². The van der Waals surface area contributed by atoms with Gasteiger partial charge in [0.15, 0.2) is 5.69 Å². The molecule has 1 rings (SSSR count). The summed E-state index contributed by atoms with van der Waals surface area (Å²) in [5.74, 6) is -1.26. The second-order valence-electron chi connectivity index (χ2n) is 2.48. The normalized spacial score (nSPS) is 10.1. The average Bonchev–Trinajstić information content (AvgIpc) is 2.09. The third-order valence-electron chi connectivity index (χ3n) is 1.58. The Morgan fingerprint density at radius 3 is 2.64 bits per heavy atom. The van der Waals surface area contributed by atoms with Gasteiger partial charge in [0.1, 0.15) is 5.82 Å². The maximum atomic E-state index is 10.7. The van der Waals surface area contributed by atoms with Crippen LogP contribution in [-0.4, -0.2) is 32.8 Å². The van der Waals surface area contributed by atoms with Crippen LogP contribution in [0.25, 0.3) is 0 Å². The molecule has 1 aromatic rings. The van der Waals surface area contributed by atoms with Crippen molar-refractivity contribution in [1.29, 1.82) is 0 Å². The van der Waals surface area contributed by atoms with Gasteiger partial charge < -0.3 is 15.9 Å². The average molecular weight is 218 g/mol. The van der Waals surface area contributed by atoms with Gasteiger partial charge in [-0.25, -0.2) is 14.8 Å². The molecule has 7 heteroatoms. The molecule has 0 aliphatic carbocycles. The van der Waals surface area contributed by atoms with Crippen LogP contribution in [0.5, 0.6) is 0 Å². The Hall–Kier alpha value is -1.40.